The lowest BCUT2D eigenvalue weighted by molar-refractivity contribution is 0.653. The van der Waals surface area contributed by atoms with Gasteiger partial charge in [-0.05, 0) is 70.4 Å². The van der Waals surface area contributed by atoms with Crippen LogP contribution in [0.3, 0.4) is 0 Å². The van der Waals surface area contributed by atoms with Gasteiger partial charge in [0.15, 0.2) is 11.4 Å². The van der Waals surface area contributed by atoms with E-state index in [0.29, 0.717) is 11.5 Å². The molecule has 0 fully saturated rings. The minimum atomic E-state index is 0.545. The van der Waals surface area contributed by atoms with E-state index >= 15 is 0 Å². The Morgan fingerprint density at radius 1 is 0.418 bits per heavy atom. The normalized spacial score (nSPS) is 12.0. The van der Waals surface area contributed by atoms with Crippen LogP contribution < -0.4 is 0 Å². The zero-order valence-electron chi connectivity index (χ0n) is 29.4. The largest absolute Gasteiger partial charge is 0.454 e. The van der Waals surface area contributed by atoms with Crippen molar-refractivity contribution < 1.29 is 8.83 Å². The molecule has 4 aromatic heterocycles. The first-order valence-corrected chi connectivity index (χ1v) is 18.5. The standard InChI is InChI=1S/C50H29N3O2/c1-3-13-30(14-4-1)34-23-26-44-39(28-34)46-47(51-49(52-50(46)55-44)31-15-5-2-6-16-31)37-24-25-41(48-45(37)36-20-10-12-22-43(36)54-48)53-40-21-11-9-19-35(40)38-27-32-17-7-8-18-33(32)29-42(38)53/h1-29H. The summed E-state index contributed by atoms with van der Waals surface area (Å²) in [6.07, 6.45) is 0. The van der Waals surface area contributed by atoms with Crippen LogP contribution in [0.5, 0.6) is 0 Å². The van der Waals surface area contributed by atoms with Crippen LogP contribution in [0.4, 0.5) is 0 Å². The molecule has 0 atom stereocenters. The molecule has 12 rings (SSSR count). The molecule has 12 aromatic rings. The van der Waals surface area contributed by atoms with Gasteiger partial charge >= 0.3 is 0 Å². The van der Waals surface area contributed by atoms with Crippen LogP contribution in [-0.4, -0.2) is 14.5 Å². The molecule has 0 aliphatic heterocycles. The fourth-order valence-corrected chi connectivity index (χ4v) is 8.50. The van der Waals surface area contributed by atoms with Crippen LogP contribution in [0.1, 0.15) is 0 Å². The predicted octanol–water partition coefficient (Wildman–Crippen LogP) is 13.5. The average Bonchev–Trinajstić information content (AvgIpc) is 3.92. The summed E-state index contributed by atoms with van der Waals surface area (Å²) in [5.41, 5.74) is 11.0. The highest BCUT2D eigenvalue weighted by molar-refractivity contribution is 6.21. The molecule has 0 bridgehead atoms. The molecule has 0 saturated heterocycles. The SMILES string of the molecule is c1ccc(-c2ccc3oc4nc(-c5ccccc5)nc(-c5ccc(-n6c7ccccc7c7cc8ccccc8cc76)c6oc7ccccc7c56)c4c3c2)cc1. The van der Waals surface area contributed by atoms with E-state index in [-0.39, 0.29) is 0 Å². The summed E-state index contributed by atoms with van der Waals surface area (Å²) >= 11 is 0. The minimum absolute atomic E-state index is 0.545. The van der Waals surface area contributed by atoms with Crippen LogP contribution in [0.25, 0.3) is 116 Å². The van der Waals surface area contributed by atoms with Gasteiger partial charge in [0.2, 0.25) is 5.71 Å². The van der Waals surface area contributed by atoms with Crippen LogP contribution in [0, 0.1) is 0 Å². The van der Waals surface area contributed by atoms with Gasteiger partial charge in [0.1, 0.15) is 11.2 Å². The van der Waals surface area contributed by atoms with Crippen LogP contribution in [0.15, 0.2) is 185 Å². The lowest BCUT2D eigenvalue weighted by atomic mass is 9.98. The molecule has 4 heterocycles. The third kappa shape index (κ3) is 4.47. The van der Waals surface area contributed by atoms with E-state index in [4.69, 9.17) is 18.8 Å². The Bertz CT molecular complexity index is 3480. The van der Waals surface area contributed by atoms with Gasteiger partial charge < -0.3 is 13.4 Å². The first-order valence-electron chi connectivity index (χ1n) is 18.5. The third-order valence-corrected chi connectivity index (χ3v) is 11.0. The number of fused-ring (bicyclic) bond motifs is 10. The lowest BCUT2D eigenvalue weighted by Gasteiger charge is -2.13. The van der Waals surface area contributed by atoms with Gasteiger partial charge in [-0.2, -0.15) is 4.98 Å². The van der Waals surface area contributed by atoms with Gasteiger partial charge in [0.05, 0.1) is 27.8 Å². The highest BCUT2D eigenvalue weighted by Gasteiger charge is 2.25. The molecule has 8 aromatic carbocycles. The lowest BCUT2D eigenvalue weighted by Crippen LogP contribution is -1.97. The highest BCUT2D eigenvalue weighted by Crippen LogP contribution is 2.46. The molecule has 0 N–H and O–H groups in total. The van der Waals surface area contributed by atoms with Crippen LogP contribution in [0.2, 0.25) is 0 Å². The van der Waals surface area contributed by atoms with Gasteiger partial charge in [0.25, 0.3) is 0 Å². The molecule has 0 saturated carbocycles. The summed E-state index contributed by atoms with van der Waals surface area (Å²) in [5.74, 6) is 0.602. The van der Waals surface area contributed by atoms with Gasteiger partial charge in [-0.25, -0.2) is 4.98 Å². The second kappa shape index (κ2) is 11.5. The maximum atomic E-state index is 6.94. The van der Waals surface area contributed by atoms with Crippen LogP contribution in [-0.2, 0) is 0 Å². The number of benzene rings is 8. The second-order valence-electron chi connectivity index (χ2n) is 14.1. The number of rotatable bonds is 4. The van der Waals surface area contributed by atoms with Crippen LogP contribution >= 0.6 is 0 Å². The van der Waals surface area contributed by atoms with Crippen molar-refractivity contribution in [2.45, 2.75) is 0 Å². The molecule has 5 heteroatoms. The van der Waals surface area contributed by atoms with Crippen molar-refractivity contribution in [1.82, 2.24) is 14.5 Å². The molecular formula is C50H29N3O2. The monoisotopic (exact) mass is 703 g/mol. The Labute approximate surface area is 314 Å². The van der Waals surface area contributed by atoms with E-state index < -0.39 is 0 Å². The summed E-state index contributed by atoms with van der Waals surface area (Å²) in [7, 11) is 0. The first kappa shape index (κ1) is 30.0. The summed E-state index contributed by atoms with van der Waals surface area (Å²) < 4.78 is 15.9. The van der Waals surface area contributed by atoms with E-state index in [1.54, 1.807) is 0 Å². The Morgan fingerprint density at radius 2 is 1.11 bits per heavy atom. The number of aromatic nitrogens is 3. The Morgan fingerprint density at radius 3 is 1.95 bits per heavy atom. The Kier molecular flexibility index (Phi) is 6.27. The molecule has 0 aliphatic rings. The summed E-state index contributed by atoms with van der Waals surface area (Å²) in [5, 5.41) is 8.65. The number of nitrogens with zero attached hydrogens (tertiary/aromatic N) is 3. The van der Waals surface area contributed by atoms with E-state index in [1.165, 1.54) is 21.5 Å². The smallest absolute Gasteiger partial charge is 0.231 e. The van der Waals surface area contributed by atoms with Crippen molar-refractivity contribution in [1.29, 1.82) is 0 Å². The van der Waals surface area contributed by atoms with Crippen molar-refractivity contribution in [3.63, 3.8) is 0 Å². The zero-order chi connectivity index (χ0) is 36.0. The van der Waals surface area contributed by atoms with Gasteiger partial charge in [0, 0.05) is 38.1 Å². The van der Waals surface area contributed by atoms with E-state index in [2.05, 4.69) is 126 Å². The highest BCUT2D eigenvalue weighted by atomic mass is 16.3. The predicted molar refractivity (Wildman–Crippen MR) is 225 cm³/mol. The quantitative estimate of drug-likeness (QED) is 0.183. The summed E-state index contributed by atoms with van der Waals surface area (Å²) in [6, 6.07) is 61.4. The topological polar surface area (TPSA) is 57.0 Å². The van der Waals surface area contributed by atoms with Gasteiger partial charge in [-0.1, -0.05) is 127 Å². The second-order valence-corrected chi connectivity index (χ2v) is 14.1. The molecule has 0 amide bonds. The fraction of sp³-hybridized carbons (Fsp3) is 0. The number of para-hydroxylation sites is 2. The fourth-order valence-electron chi connectivity index (χ4n) is 8.50. The maximum absolute atomic E-state index is 6.94. The van der Waals surface area contributed by atoms with Gasteiger partial charge in [-0.15, -0.1) is 0 Å². The van der Waals surface area contributed by atoms with Crippen molar-refractivity contribution in [2.75, 3.05) is 0 Å². The Balaban J connectivity index is 1.21. The molecule has 0 aliphatic carbocycles. The summed E-state index contributed by atoms with van der Waals surface area (Å²) in [4.78, 5) is 10.5. The van der Waals surface area contributed by atoms with Crippen molar-refractivity contribution in [3.8, 4) is 39.5 Å². The number of furan rings is 2. The van der Waals surface area contributed by atoms with Crippen molar-refractivity contribution in [3.05, 3.63) is 176 Å². The molecule has 0 spiro atoms. The Hall–Kier alpha value is -7.50. The third-order valence-electron chi connectivity index (χ3n) is 11.0. The summed E-state index contributed by atoms with van der Waals surface area (Å²) in [6.45, 7) is 0. The number of hydrogen-bond donors (Lipinski definition) is 0. The minimum Gasteiger partial charge on any atom is -0.454 e. The number of hydrogen-bond acceptors (Lipinski definition) is 4. The molecule has 55 heavy (non-hydrogen) atoms. The van der Waals surface area contributed by atoms with Gasteiger partial charge in [-0.3, -0.25) is 0 Å². The molecule has 5 nitrogen and oxygen atoms in total. The first-order chi connectivity index (χ1) is 27.3. The van der Waals surface area contributed by atoms with E-state index in [0.717, 1.165) is 83.0 Å². The van der Waals surface area contributed by atoms with Crippen molar-refractivity contribution >= 4 is 76.6 Å². The molecule has 256 valence electrons. The molecule has 0 radical (unpaired) electrons. The maximum Gasteiger partial charge on any atom is 0.231 e. The van der Waals surface area contributed by atoms with Crippen molar-refractivity contribution in [2.24, 2.45) is 0 Å². The van der Waals surface area contributed by atoms with E-state index in [1.807, 2.05) is 54.6 Å². The van der Waals surface area contributed by atoms with E-state index in [9.17, 15) is 0 Å². The molecule has 0 unspecified atom stereocenters. The average molecular weight is 704 g/mol. The molecular weight excluding hydrogens is 675 g/mol. The zero-order valence-corrected chi connectivity index (χ0v) is 29.4.